The van der Waals surface area contributed by atoms with Crippen LogP contribution in [0.1, 0.15) is 34.3 Å². The first-order valence-electron chi connectivity index (χ1n) is 8.92. The van der Waals surface area contributed by atoms with E-state index in [4.69, 9.17) is 0 Å². The van der Waals surface area contributed by atoms with Crippen LogP contribution < -0.4 is 5.32 Å². The summed E-state index contributed by atoms with van der Waals surface area (Å²) in [4.78, 5) is 12.5. The van der Waals surface area contributed by atoms with Gasteiger partial charge < -0.3 is 5.32 Å². The molecular formula is C20H23FN2O3S. The molecule has 0 unspecified atom stereocenters. The van der Waals surface area contributed by atoms with Crippen molar-refractivity contribution < 1.29 is 17.6 Å². The molecule has 0 bridgehead atoms. The highest BCUT2D eigenvalue weighted by Gasteiger charge is 2.30. The molecule has 1 saturated heterocycles. The van der Waals surface area contributed by atoms with Crippen molar-refractivity contribution >= 4 is 15.9 Å². The summed E-state index contributed by atoms with van der Waals surface area (Å²) in [5.41, 5.74) is 1.98. The van der Waals surface area contributed by atoms with E-state index < -0.39 is 21.7 Å². The number of amides is 1. The Kier molecular flexibility index (Phi) is 5.62. The van der Waals surface area contributed by atoms with Crippen LogP contribution in [0.25, 0.3) is 0 Å². The first-order chi connectivity index (χ1) is 12.8. The molecule has 1 heterocycles. The molecule has 1 fully saturated rings. The van der Waals surface area contributed by atoms with Crippen LogP contribution in [0.4, 0.5) is 4.39 Å². The highest BCUT2D eigenvalue weighted by molar-refractivity contribution is 7.89. The summed E-state index contributed by atoms with van der Waals surface area (Å²) in [6.07, 6.45) is 0.981. The molecule has 27 heavy (non-hydrogen) atoms. The Morgan fingerprint density at radius 2 is 1.74 bits per heavy atom. The standard InChI is InChI=1S/C20H23FN2O3S/c1-14-7-8-17(13-15(14)2)27(25,26)23-11-9-16(10-12-23)22-20(24)18-5-3-4-6-19(18)21/h3-8,13,16H,9-12H2,1-2H3,(H,22,24). The number of benzene rings is 2. The topological polar surface area (TPSA) is 66.5 Å². The van der Waals surface area contributed by atoms with E-state index >= 15 is 0 Å². The van der Waals surface area contributed by atoms with E-state index in [0.29, 0.717) is 30.8 Å². The van der Waals surface area contributed by atoms with Crippen molar-refractivity contribution in [1.29, 1.82) is 0 Å². The van der Waals surface area contributed by atoms with Crippen molar-refractivity contribution in [3.63, 3.8) is 0 Å². The summed E-state index contributed by atoms with van der Waals surface area (Å²) < 4.78 is 40.8. The third-order valence-electron chi connectivity index (χ3n) is 5.02. The number of nitrogens with one attached hydrogen (secondary N) is 1. The van der Waals surface area contributed by atoms with Crippen molar-refractivity contribution in [1.82, 2.24) is 9.62 Å². The lowest BCUT2D eigenvalue weighted by atomic mass is 10.1. The summed E-state index contributed by atoms with van der Waals surface area (Å²) in [6, 6.07) is 10.8. The van der Waals surface area contributed by atoms with Gasteiger partial charge in [0.05, 0.1) is 10.5 Å². The van der Waals surface area contributed by atoms with Crippen molar-refractivity contribution in [3.05, 3.63) is 65.0 Å². The third kappa shape index (κ3) is 4.20. The SMILES string of the molecule is Cc1ccc(S(=O)(=O)N2CCC(NC(=O)c3ccccc3F)CC2)cc1C. The average Bonchev–Trinajstić information content (AvgIpc) is 2.64. The summed E-state index contributed by atoms with van der Waals surface area (Å²) in [5, 5.41) is 2.80. The lowest BCUT2D eigenvalue weighted by Crippen LogP contribution is -2.46. The second kappa shape index (κ2) is 7.78. The smallest absolute Gasteiger partial charge is 0.254 e. The van der Waals surface area contributed by atoms with E-state index in [1.807, 2.05) is 19.9 Å². The first kappa shape index (κ1) is 19.5. The molecule has 1 N–H and O–H groups in total. The zero-order valence-electron chi connectivity index (χ0n) is 15.4. The van der Waals surface area contributed by atoms with E-state index in [2.05, 4.69) is 5.32 Å². The van der Waals surface area contributed by atoms with Crippen LogP contribution in [0.2, 0.25) is 0 Å². The zero-order valence-corrected chi connectivity index (χ0v) is 16.2. The fourth-order valence-electron chi connectivity index (χ4n) is 3.17. The molecule has 0 aromatic heterocycles. The predicted octanol–water partition coefficient (Wildman–Crippen LogP) is 3.03. The number of piperidine rings is 1. The monoisotopic (exact) mass is 390 g/mol. The van der Waals surface area contributed by atoms with E-state index in [9.17, 15) is 17.6 Å². The van der Waals surface area contributed by atoms with Crippen LogP contribution in [-0.2, 0) is 10.0 Å². The van der Waals surface area contributed by atoms with Crippen molar-refractivity contribution in [2.45, 2.75) is 37.6 Å². The minimum absolute atomic E-state index is 0.00248. The van der Waals surface area contributed by atoms with Gasteiger partial charge in [0.1, 0.15) is 5.82 Å². The molecule has 2 aromatic rings. The largest absolute Gasteiger partial charge is 0.349 e. The molecule has 0 saturated carbocycles. The van der Waals surface area contributed by atoms with Gasteiger partial charge in [-0.25, -0.2) is 12.8 Å². The minimum Gasteiger partial charge on any atom is -0.349 e. The first-order valence-corrected chi connectivity index (χ1v) is 10.4. The second-order valence-electron chi connectivity index (χ2n) is 6.88. The van der Waals surface area contributed by atoms with Crippen molar-refractivity contribution in [2.24, 2.45) is 0 Å². The van der Waals surface area contributed by atoms with Gasteiger partial charge in [-0.15, -0.1) is 0 Å². The lowest BCUT2D eigenvalue weighted by Gasteiger charge is -2.31. The highest BCUT2D eigenvalue weighted by Crippen LogP contribution is 2.23. The molecular weight excluding hydrogens is 367 g/mol. The van der Waals surface area contributed by atoms with Gasteiger partial charge in [0.15, 0.2) is 0 Å². The molecule has 1 aliphatic rings. The molecule has 144 valence electrons. The van der Waals surface area contributed by atoms with Crippen molar-refractivity contribution in [2.75, 3.05) is 13.1 Å². The fourth-order valence-corrected chi connectivity index (χ4v) is 4.73. The molecule has 7 heteroatoms. The Balaban J connectivity index is 1.64. The Labute approximate surface area is 159 Å². The Morgan fingerprint density at radius 3 is 2.37 bits per heavy atom. The van der Waals surface area contributed by atoms with Crippen LogP contribution in [-0.4, -0.2) is 37.8 Å². The number of rotatable bonds is 4. The lowest BCUT2D eigenvalue weighted by molar-refractivity contribution is 0.0919. The molecule has 5 nitrogen and oxygen atoms in total. The van der Waals surface area contributed by atoms with Crippen LogP contribution in [0.3, 0.4) is 0 Å². The number of halogens is 1. The normalized spacial score (nSPS) is 16.3. The molecule has 0 radical (unpaired) electrons. The van der Waals surface area contributed by atoms with Gasteiger partial charge in [0, 0.05) is 19.1 Å². The van der Waals surface area contributed by atoms with Gasteiger partial charge in [-0.2, -0.15) is 4.31 Å². The second-order valence-corrected chi connectivity index (χ2v) is 8.82. The van der Waals surface area contributed by atoms with Gasteiger partial charge in [0.2, 0.25) is 10.0 Å². The van der Waals surface area contributed by atoms with Crippen LogP contribution in [0.5, 0.6) is 0 Å². The van der Waals surface area contributed by atoms with Crippen molar-refractivity contribution in [3.8, 4) is 0 Å². The van der Waals surface area contributed by atoms with E-state index in [-0.39, 0.29) is 11.6 Å². The number of carbonyl (C=O) groups is 1. The average molecular weight is 390 g/mol. The van der Waals surface area contributed by atoms with E-state index in [0.717, 1.165) is 11.1 Å². The van der Waals surface area contributed by atoms with Gasteiger partial charge in [0.25, 0.3) is 5.91 Å². The van der Waals surface area contributed by atoms with E-state index in [1.165, 1.54) is 22.5 Å². The van der Waals surface area contributed by atoms with Gasteiger partial charge >= 0.3 is 0 Å². The Bertz CT molecular complexity index is 951. The number of nitrogens with zero attached hydrogens (tertiary/aromatic N) is 1. The number of hydrogen-bond acceptors (Lipinski definition) is 3. The summed E-state index contributed by atoms with van der Waals surface area (Å²) in [6.45, 7) is 4.46. The van der Waals surface area contributed by atoms with Gasteiger partial charge in [-0.3, -0.25) is 4.79 Å². The quantitative estimate of drug-likeness (QED) is 0.873. The maximum Gasteiger partial charge on any atom is 0.254 e. The van der Waals surface area contributed by atoms with E-state index in [1.54, 1.807) is 18.2 Å². The molecule has 1 aliphatic heterocycles. The summed E-state index contributed by atoms with van der Waals surface area (Å²) in [5.74, 6) is -1.03. The molecule has 0 spiro atoms. The Hall–Kier alpha value is -2.25. The predicted molar refractivity (Wildman–Crippen MR) is 102 cm³/mol. The maximum atomic E-state index is 13.7. The van der Waals surface area contributed by atoms with Gasteiger partial charge in [-0.05, 0) is 62.1 Å². The highest BCUT2D eigenvalue weighted by atomic mass is 32.2. The molecule has 0 aliphatic carbocycles. The molecule has 2 aromatic carbocycles. The summed E-state index contributed by atoms with van der Waals surface area (Å²) >= 11 is 0. The third-order valence-corrected chi connectivity index (χ3v) is 6.92. The maximum absolute atomic E-state index is 13.7. The Morgan fingerprint density at radius 1 is 1.07 bits per heavy atom. The molecule has 1 amide bonds. The van der Waals surface area contributed by atoms with Crippen LogP contribution in [0.15, 0.2) is 47.4 Å². The molecule has 3 rings (SSSR count). The number of carbonyl (C=O) groups excluding carboxylic acids is 1. The fraction of sp³-hybridized carbons (Fsp3) is 0.350. The zero-order chi connectivity index (χ0) is 19.6. The molecule has 0 atom stereocenters. The number of hydrogen-bond donors (Lipinski definition) is 1. The number of sulfonamides is 1. The summed E-state index contributed by atoms with van der Waals surface area (Å²) in [7, 11) is -3.55. The van der Waals surface area contributed by atoms with Crippen LogP contribution >= 0.6 is 0 Å². The minimum atomic E-state index is -3.55. The van der Waals surface area contributed by atoms with Gasteiger partial charge in [-0.1, -0.05) is 18.2 Å². The van der Waals surface area contributed by atoms with Crippen LogP contribution in [0, 0.1) is 19.7 Å². The number of aryl methyl sites for hydroxylation is 2.